The fourth-order valence-electron chi connectivity index (χ4n) is 2.22. The van der Waals surface area contributed by atoms with Crippen LogP contribution in [0.15, 0.2) is 18.2 Å². The Bertz CT molecular complexity index is 449. The van der Waals surface area contributed by atoms with E-state index in [9.17, 15) is 4.79 Å². The van der Waals surface area contributed by atoms with Crippen LogP contribution in [-0.2, 0) is 4.79 Å². The van der Waals surface area contributed by atoms with Gasteiger partial charge in [0.25, 0.3) is 0 Å². The lowest BCUT2D eigenvalue weighted by molar-refractivity contribution is -0.122. The molecule has 0 saturated carbocycles. The predicted octanol–water partition coefficient (Wildman–Crippen LogP) is 1.34. The minimum Gasteiger partial charge on any atom is -0.396 e. The summed E-state index contributed by atoms with van der Waals surface area (Å²) in [6.07, 6.45) is 0.439. The van der Waals surface area contributed by atoms with E-state index in [0.717, 1.165) is 17.8 Å². The van der Waals surface area contributed by atoms with Gasteiger partial charge in [-0.15, -0.1) is 0 Å². The van der Waals surface area contributed by atoms with Crippen LogP contribution in [0.4, 0.5) is 5.69 Å². The molecule has 2 N–H and O–H groups in total. The van der Waals surface area contributed by atoms with Crippen molar-refractivity contribution >= 4 is 23.2 Å². The van der Waals surface area contributed by atoms with Crippen molar-refractivity contribution in [3.8, 4) is 0 Å². The number of rotatable bonds is 3. The highest BCUT2D eigenvalue weighted by atomic mass is 35.5. The molecule has 0 bridgehead atoms. The second-order valence-electron chi connectivity index (χ2n) is 4.39. The maximum Gasteiger partial charge on any atom is 0.244 e. The molecule has 1 amide bonds. The molecule has 1 heterocycles. The van der Waals surface area contributed by atoms with Gasteiger partial charge in [0.05, 0.1) is 6.04 Å². The monoisotopic (exact) mass is 268 g/mol. The fraction of sp³-hybridized carbons (Fsp3) is 0.462. The van der Waals surface area contributed by atoms with E-state index in [4.69, 9.17) is 16.7 Å². The molecule has 18 heavy (non-hydrogen) atoms. The van der Waals surface area contributed by atoms with Gasteiger partial charge >= 0.3 is 0 Å². The molecule has 1 fully saturated rings. The van der Waals surface area contributed by atoms with Crippen LogP contribution >= 0.6 is 11.6 Å². The first-order valence-corrected chi connectivity index (χ1v) is 6.43. The Kier molecular flexibility index (Phi) is 4.22. The maximum absolute atomic E-state index is 12.3. The summed E-state index contributed by atoms with van der Waals surface area (Å²) < 4.78 is 0. The van der Waals surface area contributed by atoms with Crippen LogP contribution in [-0.4, -0.2) is 36.8 Å². The van der Waals surface area contributed by atoms with Crippen molar-refractivity contribution < 1.29 is 9.90 Å². The van der Waals surface area contributed by atoms with Crippen molar-refractivity contribution in [3.05, 3.63) is 28.8 Å². The molecule has 1 aromatic rings. The summed E-state index contributed by atoms with van der Waals surface area (Å²) in [6, 6.07) is 5.27. The van der Waals surface area contributed by atoms with Gasteiger partial charge in [0.15, 0.2) is 0 Å². The number of aliphatic hydroxyl groups excluding tert-OH is 1. The van der Waals surface area contributed by atoms with Crippen LogP contribution in [0.3, 0.4) is 0 Å². The van der Waals surface area contributed by atoms with Gasteiger partial charge in [0.1, 0.15) is 0 Å². The highest BCUT2D eigenvalue weighted by Crippen LogP contribution is 2.27. The number of hydrogen-bond donors (Lipinski definition) is 2. The number of halogens is 1. The number of nitrogens with zero attached hydrogens (tertiary/aromatic N) is 1. The molecule has 0 radical (unpaired) electrons. The quantitative estimate of drug-likeness (QED) is 0.870. The van der Waals surface area contributed by atoms with Gasteiger partial charge in [-0.25, -0.2) is 0 Å². The number of hydrogen-bond acceptors (Lipinski definition) is 3. The summed E-state index contributed by atoms with van der Waals surface area (Å²) in [6.45, 7) is 3.27. The molecule has 1 unspecified atom stereocenters. The van der Waals surface area contributed by atoms with Gasteiger partial charge in [-0.05, 0) is 31.0 Å². The first-order chi connectivity index (χ1) is 8.65. The summed E-state index contributed by atoms with van der Waals surface area (Å²) in [5.41, 5.74) is 1.77. The Morgan fingerprint density at radius 2 is 2.33 bits per heavy atom. The lowest BCUT2D eigenvalue weighted by atomic mass is 10.1. The Morgan fingerprint density at radius 3 is 3.06 bits per heavy atom. The van der Waals surface area contributed by atoms with Crippen LogP contribution in [0.5, 0.6) is 0 Å². The van der Waals surface area contributed by atoms with Crippen molar-refractivity contribution in [3.63, 3.8) is 0 Å². The number of carbonyl (C=O) groups is 1. The number of nitrogens with one attached hydrogen (secondary N) is 1. The zero-order valence-corrected chi connectivity index (χ0v) is 11.1. The molecule has 5 heteroatoms. The second kappa shape index (κ2) is 5.69. The van der Waals surface area contributed by atoms with Crippen LogP contribution in [0.2, 0.25) is 5.02 Å². The lowest BCUT2D eigenvalue weighted by Crippen LogP contribution is -2.55. The van der Waals surface area contributed by atoms with Gasteiger partial charge in [-0.3, -0.25) is 4.79 Å². The summed E-state index contributed by atoms with van der Waals surface area (Å²) in [7, 11) is 0. The zero-order valence-electron chi connectivity index (χ0n) is 10.3. The van der Waals surface area contributed by atoms with Gasteiger partial charge < -0.3 is 15.3 Å². The van der Waals surface area contributed by atoms with E-state index < -0.39 is 0 Å². The molecule has 0 spiro atoms. The van der Waals surface area contributed by atoms with Gasteiger partial charge in [0, 0.05) is 30.4 Å². The van der Waals surface area contributed by atoms with Crippen LogP contribution in [0.25, 0.3) is 0 Å². The van der Waals surface area contributed by atoms with E-state index in [1.807, 2.05) is 25.1 Å². The van der Waals surface area contributed by atoms with Gasteiger partial charge in [-0.1, -0.05) is 17.7 Å². The van der Waals surface area contributed by atoms with E-state index >= 15 is 0 Å². The second-order valence-corrected chi connectivity index (χ2v) is 4.80. The lowest BCUT2D eigenvalue weighted by Gasteiger charge is -2.34. The summed E-state index contributed by atoms with van der Waals surface area (Å²) >= 11 is 6.08. The normalized spacial score (nSPS) is 20.3. The molecule has 1 atom stereocenters. The Hall–Kier alpha value is -1.10. The first kappa shape index (κ1) is 13.3. The average molecular weight is 269 g/mol. The standard InChI is InChI=1S/C13H17ClN2O2/c1-9-10(14)3-2-4-12(9)16-7-6-15-11(5-8-17)13(16)18/h2-4,11,15,17H,5-8H2,1H3. The van der Waals surface area contributed by atoms with Crippen molar-refractivity contribution in [2.24, 2.45) is 0 Å². The van der Waals surface area contributed by atoms with Crippen molar-refractivity contribution in [2.75, 3.05) is 24.6 Å². The Labute approximate surface area is 112 Å². The number of piperazine rings is 1. The Morgan fingerprint density at radius 1 is 1.56 bits per heavy atom. The van der Waals surface area contributed by atoms with Crippen LogP contribution in [0, 0.1) is 6.92 Å². The van der Waals surface area contributed by atoms with Crippen LogP contribution in [0.1, 0.15) is 12.0 Å². The fourth-order valence-corrected chi connectivity index (χ4v) is 2.39. The molecule has 2 rings (SSSR count). The van der Waals surface area contributed by atoms with E-state index in [-0.39, 0.29) is 18.6 Å². The molecule has 1 aliphatic heterocycles. The maximum atomic E-state index is 12.3. The van der Waals surface area contributed by atoms with E-state index in [2.05, 4.69) is 5.32 Å². The number of carbonyl (C=O) groups excluding carboxylic acids is 1. The van der Waals surface area contributed by atoms with Gasteiger partial charge in [-0.2, -0.15) is 0 Å². The number of benzene rings is 1. The minimum absolute atomic E-state index is 0.000617. The van der Waals surface area contributed by atoms with E-state index in [1.165, 1.54) is 0 Å². The highest BCUT2D eigenvalue weighted by molar-refractivity contribution is 6.31. The van der Waals surface area contributed by atoms with E-state index in [1.54, 1.807) is 4.90 Å². The molecule has 4 nitrogen and oxygen atoms in total. The SMILES string of the molecule is Cc1c(Cl)cccc1N1CCNC(CCO)C1=O. The molecule has 0 aliphatic carbocycles. The third kappa shape index (κ3) is 2.51. The zero-order chi connectivity index (χ0) is 13.1. The first-order valence-electron chi connectivity index (χ1n) is 6.06. The number of amides is 1. The average Bonchev–Trinajstić information content (AvgIpc) is 2.36. The summed E-state index contributed by atoms with van der Waals surface area (Å²) in [4.78, 5) is 14.0. The topological polar surface area (TPSA) is 52.6 Å². The van der Waals surface area contributed by atoms with E-state index in [0.29, 0.717) is 18.0 Å². The van der Waals surface area contributed by atoms with Crippen LogP contribution < -0.4 is 10.2 Å². The predicted molar refractivity (Wildman–Crippen MR) is 72.0 cm³/mol. The Balaban J connectivity index is 2.27. The summed E-state index contributed by atoms with van der Waals surface area (Å²) in [5.74, 6) is 0.000617. The minimum atomic E-state index is -0.304. The molecule has 1 saturated heterocycles. The number of anilines is 1. The molecule has 1 aliphatic rings. The van der Waals surface area contributed by atoms with Crippen molar-refractivity contribution in [1.29, 1.82) is 0 Å². The van der Waals surface area contributed by atoms with Crippen molar-refractivity contribution in [1.82, 2.24) is 5.32 Å². The molecule has 1 aromatic carbocycles. The molecule has 98 valence electrons. The number of aliphatic hydroxyl groups is 1. The third-order valence-corrected chi connectivity index (χ3v) is 3.65. The molecule has 0 aromatic heterocycles. The molecular weight excluding hydrogens is 252 g/mol. The van der Waals surface area contributed by atoms with Gasteiger partial charge in [0.2, 0.25) is 5.91 Å². The van der Waals surface area contributed by atoms with Crippen molar-refractivity contribution in [2.45, 2.75) is 19.4 Å². The smallest absolute Gasteiger partial charge is 0.244 e. The summed E-state index contributed by atoms with van der Waals surface area (Å²) in [5, 5.41) is 12.7. The third-order valence-electron chi connectivity index (χ3n) is 3.24. The highest BCUT2D eigenvalue weighted by Gasteiger charge is 2.29. The largest absolute Gasteiger partial charge is 0.396 e. The molecular formula is C13H17ClN2O2.